The molecule has 0 amide bonds. The van der Waals surface area contributed by atoms with Gasteiger partial charge in [-0.2, -0.15) is 0 Å². The number of para-hydroxylation sites is 1. The van der Waals surface area contributed by atoms with E-state index < -0.39 is 0 Å². The van der Waals surface area contributed by atoms with Gasteiger partial charge in [0, 0.05) is 24.0 Å². The van der Waals surface area contributed by atoms with Crippen LogP contribution in [-0.2, 0) is 16.1 Å². The fourth-order valence-electron chi connectivity index (χ4n) is 2.49. The highest BCUT2D eigenvalue weighted by Gasteiger charge is 2.07. The first-order valence-corrected chi connectivity index (χ1v) is 7.21. The molecule has 2 rings (SSSR count). The number of esters is 1. The van der Waals surface area contributed by atoms with E-state index in [2.05, 4.69) is 33.8 Å². The van der Waals surface area contributed by atoms with Gasteiger partial charge in [0.25, 0.3) is 0 Å². The minimum atomic E-state index is -0.145. The topological polar surface area (TPSA) is 42.4 Å². The number of carbonyl (C=O) groups is 1. The molecular formula is C17H22N2O2. The van der Waals surface area contributed by atoms with Crippen molar-refractivity contribution in [1.29, 1.82) is 0 Å². The van der Waals surface area contributed by atoms with Crippen molar-refractivity contribution >= 4 is 16.9 Å². The first-order valence-electron chi connectivity index (χ1n) is 7.21. The van der Waals surface area contributed by atoms with Gasteiger partial charge in [0.1, 0.15) is 0 Å². The smallest absolute Gasteiger partial charge is 0.305 e. The Morgan fingerprint density at radius 2 is 2.10 bits per heavy atom. The van der Waals surface area contributed by atoms with Crippen LogP contribution in [-0.4, -0.2) is 36.6 Å². The molecular weight excluding hydrogens is 264 g/mol. The summed E-state index contributed by atoms with van der Waals surface area (Å²) < 4.78 is 4.66. The Kier molecular flexibility index (Phi) is 5.28. The van der Waals surface area contributed by atoms with Gasteiger partial charge in [0.15, 0.2) is 0 Å². The molecule has 21 heavy (non-hydrogen) atoms. The van der Waals surface area contributed by atoms with Crippen LogP contribution in [0.3, 0.4) is 0 Å². The lowest BCUT2D eigenvalue weighted by molar-refractivity contribution is -0.140. The molecule has 0 radical (unpaired) electrons. The second kappa shape index (κ2) is 7.18. The molecule has 0 aliphatic carbocycles. The van der Waals surface area contributed by atoms with Crippen LogP contribution >= 0.6 is 0 Å². The lowest BCUT2D eigenvalue weighted by Gasteiger charge is -2.18. The molecule has 1 aromatic heterocycles. The maximum atomic E-state index is 11.1. The SMILES string of the molecule is COC(=O)CCCN(C)Cc1cc(C)nc2ccccc12. The molecule has 112 valence electrons. The Morgan fingerprint density at radius 3 is 2.86 bits per heavy atom. The van der Waals surface area contributed by atoms with Crippen molar-refractivity contribution in [3.63, 3.8) is 0 Å². The summed E-state index contributed by atoms with van der Waals surface area (Å²) in [5, 5.41) is 1.20. The molecule has 0 saturated carbocycles. The zero-order chi connectivity index (χ0) is 15.2. The first kappa shape index (κ1) is 15.4. The third-order valence-electron chi connectivity index (χ3n) is 3.52. The zero-order valence-electron chi connectivity index (χ0n) is 12.9. The number of methoxy groups -OCH3 is 1. The van der Waals surface area contributed by atoms with Gasteiger partial charge in [-0.05, 0) is 44.6 Å². The van der Waals surface area contributed by atoms with Crippen LogP contribution in [0.25, 0.3) is 10.9 Å². The van der Waals surface area contributed by atoms with Gasteiger partial charge in [-0.1, -0.05) is 18.2 Å². The molecule has 1 heterocycles. The molecule has 4 heteroatoms. The highest BCUT2D eigenvalue weighted by Crippen LogP contribution is 2.19. The lowest BCUT2D eigenvalue weighted by atomic mass is 10.1. The van der Waals surface area contributed by atoms with Crippen molar-refractivity contribution in [3.05, 3.63) is 41.6 Å². The van der Waals surface area contributed by atoms with Crippen LogP contribution in [0, 0.1) is 6.92 Å². The number of nitrogens with zero attached hydrogens (tertiary/aromatic N) is 2. The van der Waals surface area contributed by atoms with E-state index in [4.69, 9.17) is 0 Å². The van der Waals surface area contributed by atoms with Gasteiger partial charge in [-0.25, -0.2) is 0 Å². The third-order valence-corrected chi connectivity index (χ3v) is 3.52. The van der Waals surface area contributed by atoms with E-state index in [9.17, 15) is 4.79 Å². The van der Waals surface area contributed by atoms with E-state index in [1.807, 2.05) is 25.1 Å². The fraction of sp³-hybridized carbons (Fsp3) is 0.412. The number of aromatic nitrogens is 1. The maximum Gasteiger partial charge on any atom is 0.305 e. The summed E-state index contributed by atoms with van der Waals surface area (Å²) in [6.45, 7) is 3.74. The number of fused-ring (bicyclic) bond motifs is 1. The Balaban J connectivity index is 2.03. The summed E-state index contributed by atoms with van der Waals surface area (Å²) in [5.74, 6) is -0.145. The summed E-state index contributed by atoms with van der Waals surface area (Å²) >= 11 is 0. The average molecular weight is 286 g/mol. The van der Waals surface area contributed by atoms with Crippen molar-refractivity contribution in [2.24, 2.45) is 0 Å². The minimum absolute atomic E-state index is 0.145. The Morgan fingerprint density at radius 1 is 1.33 bits per heavy atom. The highest BCUT2D eigenvalue weighted by atomic mass is 16.5. The van der Waals surface area contributed by atoms with Crippen LogP contribution in [0.1, 0.15) is 24.1 Å². The predicted octanol–water partition coefficient (Wildman–Crippen LogP) is 2.93. The van der Waals surface area contributed by atoms with Crippen molar-refractivity contribution in [2.45, 2.75) is 26.3 Å². The van der Waals surface area contributed by atoms with E-state index in [1.165, 1.54) is 18.1 Å². The molecule has 1 aromatic carbocycles. The molecule has 4 nitrogen and oxygen atoms in total. The number of benzene rings is 1. The molecule has 0 atom stereocenters. The van der Waals surface area contributed by atoms with E-state index in [0.29, 0.717) is 6.42 Å². The van der Waals surface area contributed by atoms with Crippen LogP contribution in [0.5, 0.6) is 0 Å². The third kappa shape index (κ3) is 4.26. The van der Waals surface area contributed by atoms with Gasteiger partial charge >= 0.3 is 5.97 Å². The molecule has 0 unspecified atom stereocenters. The van der Waals surface area contributed by atoms with Gasteiger partial charge in [-0.3, -0.25) is 9.78 Å². The van der Waals surface area contributed by atoms with Gasteiger partial charge in [0.05, 0.1) is 12.6 Å². The predicted molar refractivity (Wildman–Crippen MR) is 84.1 cm³/mol. The lowest BCUT2D eigenvalue weighted by Crippen LogP contribution is -2.20. The maximum absolute atomic E-state index is 11.1. The molecule has 0 saturated heterocycles. The number of pyridine rings is 1. The number of hydrogen-bond acceptors (Lipinski definition) is 4. The van der Waals surface area contributed by atoms with E-state index in [-0.39, 0.29) is 5.97 Å². The van der Waals surface area contributed by atoms with Crippen molar-refractivity contribution in [2.75, 3.05) is 20.7 Å². The first-order chi connectivity index (χ1) is 10.1. The van der Waals surface area contributed by atoms with Gasteiger partial charge < -0.3 is 9.64 Å². The average Bonchev–Trinajstić information content (AvgIpc) is 2.46. The van der Waals surface area contributed by atoms with E-state index in [1.54, 1.807) is 0 Å². The van der Waals surface area contributed by atoms with E-state index >= 15 is 0 Å². The van der Waals surface area contributed by atoms with Crippen LogP contribution < -0.4 is 0 Å². The minimum Gasteiger partial charge on any atom is -0.469 e. The number of hydrogen-bond donors (Lipinski definition) is 0. The summed E-state index contributed by atoms with van der Waals surface area (Å²) in [6, 6.07) is 10.3. The highest BCUT2D eigenvalue weighted by molar-refractivity contribution is 5.82. The number of aryl methyl sites for hydroxylation is 1. The second-order valence-corrected chi connectivity index (χ2v) is 5.36. The van der Waals surface area contributed by atoms with Gasteiger partial charge in [-0.15, -0.1) is 0 Å². The molecule has 0 aliphatic rings. The molecule has 0 bridgehead atoms. The molecule has 0 fully saturated rings. The summed E-state index contributed by atoms with van der Waals surface area (Å²) in [4.78, 5) is 17.9. The second-order valence-electron chi connectivity index (χ2n) is 5.36. The standard InChI is InChI=1S/C17H22N2O2/c1-13-11-14(15-7-4-5-8-16(15)18-13)12-19(2)10-6-9-17(20)21-3/h4-5,7-8,11H,6,9-10,12H2,1-3H3. The fourth-order valence-corrected chi connectivity index (χ4v) is 2.49. The molecule has 0 spiro atoms. The number of rotatable bonds is 6. The van der Waals surface area contributed by atoms with E-state index in [0.717, 1.165) is 30.7 Å². The Bertz CT molecular complexity index is 625. The Hall–Kier alpha value is -1.94. The van der Waals surface area contributed by atoms with Crippen molar-refractivity contribution in [3.8, 4) is 0 Å². The van der Waals surface area contributed by atoms with Crippen LogP contribution in [0.4, 0.5) is 0 Å². The quantitative estimate of drug-likeness (QED) is 0.766. The summed E-state index contributed by atoms with van der Waals surface area (Å²) in [6.07, 6.45) is 1.28. The van der Waals surface area contributed by atoms with Crippen molar-refractivity contribution < 1.29 is 9.53 Å². The number of carbonyl (C=O) groups excluding carboxylic acids is 1. The Labute approximate surface area is 125 Å². The van der Waals surface area contributed by atoms with Gasteiger partial charge in [0.2, 0.25) is 0 Å². The molecule has 0 N–H and O–H groups in total. The normalized spacial score (nSPS) is 11.0. The summed E-state index contributed by atoms with van der Waals surface area (Å²) in [5.41, 5.74) is 3.35. The van der Waals surface area contributed by atoms with Crippen LogP contribution in [0.15, 0.2) is 30.3 Å². The van der Waals surface area contributed by atoms with Crippen molar-refractivity contribution in [1.82, 2.24) is 9.88 Å². The molecule has 2 aromatic rings. The number of ether oxygens (including phenoxy) is 1. The zero-order valence-corrected chi connectivity index (χ0v) is 12.9. The monoisotopic (exact) mass is 286 g/mol. The van der Waals surface area contributed by atoms with Crippen LogP contribution in [0.2, 0.25) is 0 Å². The molecule has 0 aliphatic heterocycles. The summed E-state index contributed by atoms with van der Waals surface area (Å²) in [7, 11) is 3.50. The largest absolute Gasteiger partial charge is 0.469 e.